The summed E-state index contributed by atoms with van der Waals surface area (Å²) in [6, 6.07) is 7.15. The van der Waals surface area contributed by atoms with Crippen molar-refractivity contribution >= 4 is 21.9 Å². The first-order chi connectivity index (χ1) is 9.48. The van der Waals surface area contributed by atoms with Crippen LogP contribution in [0.3, 0.4) is 0 Å². The Morgan fingerprint density at radius 3 is 2.60 bits per heavy atom. The fourth-order valence-corrected chi connectivity index (χ4v) is 2.63. The number of imidazole rings is 1. The lowest BCUT2D eigenvalue weighted by atomic mass is 10.2. The first-order valence-electron chi connectivity index (χ1n) is 5.61. The van der Waals surface area contributed by atoms with Crippen molar-refractivity contribution in [3.63, 3.8) is 0 Å². The van der Waals surface area contributed by atoms with Gasteiger partial charge in [0.25, 0.3) is 0 Å². The van der Waals surface area contributed by atoms with E-state index in [9.17, 15) is 8.42 Å². The van der Waals surface area contributed by atoms with E-state index in [1.165, 1.54) is 0 Å². The van der Waals surface area contributed by atoms with E-state index in [2.05, 4.69) is 19.1 Å². The van der Waals surface area contributed by atoms with Crippen LogP contribution in [0.25, 0.3) is 11.4 Å². The van der Waals surface area contributed by atoms with Crippen molar-refractivity contribution in [3.05, 3.63) is 30.0 Å². The van der Waals surface area contributed by atoms with Gasteiger partial charge in [-0.1, -0.05) is 0 Å². The Balaban J connectivity index is 2.04. The van der Waals surface area contributed by atoms with Crippen LogP contribution in [0.15, 0.2) is 28.7 Å². The average Bonchev–Trinajstić information content (AvgIpc) is 2.81. The maximum absolute atomic E-state index is 11.4. The highest BCUT2D eigenvalue weighted by molar-refractivity contribution is 7.91. The lowest BCUT2D eigenvalue weighted by molar-refractivity contribution is 0.415. The molecule has 20 heavy (non-hydrogen) atoms. The third-order valence-electron chi connectivity index (χ3n) is 2.77. The lowest BCUT2D eigenvalue weighted by Gasteiger charge is -2.08. The molecule has 1 aliphatic rings. The van der Waals surface area contributed by atoms with Gasteiger partial charge >= 0.3 is 10.2 Å². The normalized spacial score (nSPS) is 15.9. The minimum absolute atomic E-state index is 0.119. The zero-order valence-electron chi connectivity index (χ0n) is 10.4. The van der Waals surface area contributed by atoms with Gasteiger partial charge in [-0.3, -0.25) is 0 Å². The number of nitrogens with one attached hydrogen (secondary N) is 2. The van der Waals surface area contributed by atoms with Crippen molar-refractivity contribution < 1.29 is 13.2 Å². The summed E-state index contributed by atoms with van der Waals surface area (Å²) in [5.41, 5.74) is 6.72. The number of aromatic amines is 1. The molecule has 2 heterocycles. The van der Waals surface area contributed by atoms with Crippen LogP contribution in [0, 0.1) is 0 Å². The van der Waals surface area contributed by atoms with E-state index in [0.29, 0.717) is 17.3 Å². The molecule has 0 radical (unpaired) electrons. The summed E-state index contributed by atoms with van der Waals surface area (Å²) >= 11 is 0. The third-order valence-corrected chi connectivity index (χ3v) is 3.66. The molecule has 0 bridgehead atoms. The van der Waals surface area contributed by atoms with Crippen LogP contribution in [0.1, 0.15) is 5.69 Å². The second kappa shape index (κ2) is 4.23. The van der Waals surface area contributed by atoms with Gasteiger partial charge in [-0.25, -0.2) is 9.71 Å². The number of H-pyrrole nitrogens is 1. The molecule has 0 fully saturated rings. The number of nitrogens with zero attached hydrogens (tertiary/aromatic N) is 2. The zero-order chi connectivity index (χ0) is 14.3. The molecule has 0 spiro atoms. The van der Waals surface area contributed by atoms with E-state index < -0.39 is 10.2 Å². The van der Waals surface area contributed by atoms with E-state index in [0.717, 1.165) is 5.56 Å². The van der Waals surface area contributed by atoms with Crippen LogP contribution in [-0.4, -0.2) is 31.3 Å². The molecule has 9 heteroatoms. The molecular weight excluding hydrogens is 282 g/mol. The molecular formula is C11H11N5O3S. The van der Waals surface area contributed by atoms with Gasteiger partial charge < -0.3 is 15.5 Å². The van der Waals surface area contributed by atoms with E-state index in [1.54, 1.807) is 31.4 Å². The molecule has 0 unspecified atom stereocenters. The van der Waals surface area contributed by atoms with Crippen LogP contribution >= 0.6 is 0 Å². The molecule has 104 valence electrons. The van der Waals surface area contributed by atoms with E-state index >= 15 is 0 Å². The summed E-state index contributed by atoms with van der Waals surface area (Å²) in [5, 5.41) is 0. The fourth-order valence-electron chi connectivity index (χ4n) is 1.84. The highest BCUT2D eigenvalue weighted by Gasteiger charge is 2.25. The van der Waals surface area contributed by atoms with E-state index in [1.807, 2.05) is 0 Å². The number of methoxy groups -OCH3 is 1. The van der Waals surface area contributed by atoms with Gasteiger partial charge in [-0.05, 0) is 24.3 Å². The van der Waals surface area contributed by atoms with Crippen molar-refractivity contribution in [1.29, 1.82) is 0 Å². The molecule has 0 atom stereocenters. The monoisotopic (exact) mass is 293 g/mol. The molecule has 0 saturated carbocycles. The lowest BCUT2D eigenvalue weighted by Crippen LogP contribution is -2.26. The molecule has 0 saturated heterocycles. The number of aromatic nitrogens is 2. The van der Waals surface area contributed by atoms with E-state index in [4.69, 9.17) is 10.5 Å². The van der Waals surface area contributed by atoms with Gasteiger partial charge in [0.15, 0.2) is 11.7 Å². The maximum Gasteiger partial charge on any atom is 0.345 e. The first kappa shape index (κ1) is 12.5. The number of hydrogen-bond acceptors (Lipinski definition) is 5. The summed E-state index contributed by atoms with van der Waals surface area (Å²) in [7, 11) is -2.24. The Kier molecular flexibility index (Phi) is 2.64. The number of rotatable bonds is 2. The first-order valence-corrected chi connectivity index (χ1v) is 7.05. The van der Waals surface area contributed by atoms with Gasteiger partial charge in [0, 0.05) is 5.56 Å². The predicted molar refractivity (Wildman–Crippen MR) is 73.8 cm³/mol. The molecule has 1 aliphatic heterocycles. The highest BCUT2D eigenvalue weighted by Crippen LogP contribution is 2.26. The third kappa shape index (κ3) is 2.07. The molecule has 1 aromatic heterocycles. The molecule has 4 N–H and O–H groups in total. The van der Waals surface area contributed by atoms with Gasteiger partial charge in [-0.15, -0.1) is 4.40 Å². The summed E-state index contributed by atoms with van der Waals surface area (Å²) in [5.74, 6) is 1.22. The predicted octanol–water partition coefficient (Wildman–Crippen LogP) is 0.461. The Labute approximate surface area is 114 Å². The van der Waals surface area contributed by atoms with Crippen molar-refractivity contribution in [2.45, 2.75) is 0 Å². The van der Waals surface area contributed by atoms with Crippen molar-refractivity contribution in [3.8, 4) is 17.1 Å². The Hall–Kier alpha value is -2.55. The number of fused-ring (bicyclic) bond motifs is 1. The summed E-state index contributed by atoms with van der Waals surface area (Å²) < 4.78 is 33.4. The second-order valence-electron chi connectivity index (χ2n) is 4.09. The number of ether oxygens (including phenoxy) is 1. The van der Waals surface area contributed by atoms with Crippen LogP contribution in [0.2, 0.25) is 0 Å². The molecule has 3 rings (SSSR count). The standard InChI is InChI=1S/C11H11N5O3S/c1-19-7-4-2-6(3-5-7)10-13-8-9(12)15-20(17,18)16-11(8)14-10/h2-5,16H,1H3,(H2,12,15)(H,13,14). The molecule has 8 nitrogen and oxygen atoms in total. The molecule has 1 aromatic carbocycles. The van der Waals surface area contributed by atoms with Crippen LogP contribution in [0.4, 0.5) is 5.82 Å². The summed E-state index contributed by atoms with van der Waals surface area (Å²) in [6.07, 6.45) is 0. The van der Waals surface area contributed by atoms with E-state index in [-0.39, 0.29) is 11.7 Å². The minimum Gasteiger partial charge on any atom is -0.497 e. The maximum atomic E-state index is 11.4. The number of benzene rings is 1. The molecule has 2 aromatic rings. The van der Waals surface area contributed by atoms with Crippen molar-refractivity contribution in [1.82, 2.24) is 9.97 Å². The SMILES string of the molecule is COc1ccc(-c2nc3c([nH]2)C(N)=NS(=O)(=O)N3)cc1. The smallest absolute Gasteiger partial charge is 0.345 e. The Morgan fingerprint density at radius 2 is 1.95 bits per heavy atom. The second-order valence-corrected chi connectivity index (χ2v) is 5.43. The number of hydrogen-bond donors (Lipinski definition) is 3. The van der Waals surface area contributed by atoms with Crippen LogP contribution < -0.4 is 15.2 Å². The average molecular weight is 293 g/mol. The summed E-state index contributed by atoms with van der Waals surface area (Å²) in [6.45, 7) is 0. The van der Waals surface area contributed by atoms with Gasteiger partial charge in [0.05, 0.1) is 7.11 Å². The van der Waals surface area contributed by atoms with Crippen molar-refractivity contribution in [2.24, 2.45) is 10.1 Å². The highest BCUT2D eigenvalue weighted by atomic mass is 32.2. The largest absolute Gasteiger partial charge is 0.497 e. The van der Waals surface area contributed by atoms with Gasteiger partial charge in [-0.2, -0.15) is 8.42 Å². The zero-order valence-corrected chi connectivity index (χ0v) is 11.2. The van der Waals surface area contributed by atoms with Crippen LogP contribution in [-0.2, 0) is 10.2 Å². The summed E-state index contributed by atoms with van der Waals surface area (Å²) in [4.78, 5) is 7.12. The number of amidine groups is 1. The van der Waals surface area contributed by atoms with Gasteiger partial charge in [0.2, 0.25) is 0 Å². The number of nitrogens with two attached hydrogens (primary N) is 1. The molecule has 0 amide bonds. The fraction of sp³-hybridized carbons (Fsp3) is 0.0909. The topological polar surface area (TPSA) is 122 Å². The molecule has 0 aliphatic carbocycles. The Bertz CT molecular complexity index is 792. The van der Waals surface area contributed by atoms with Crippen molar-refractivity contribution in [2.75, 3.05) is 11.8 Å². The Morgan fingerprint density at radius 1 is 1.25 bits per heavy atom. The number of anilines is 1. The van der Waals surface area contributed by atoms with Gasteiger partial charge in [0.1, 0.15) is 17.3 Å². The minimum atomic E-state index is -3.81. The van der Waals surface area contributed by atoms with Crippen LogP contribution in [0.5, 0.6) is 5.75 Å². The quantitative estimate of drug-likeness (QED) is 0.742.